The van der Waals surface area contributed by atoms with Gasteiger partial charge in [-0.1, -0.05) is 0 Å². The first-order chi connectivity index (χ1) is 9.16. The molecule has 0 amide bonds. The van der Waals surface area contributed by atoms with Gasteiger partial charge in [-0.05, 0) is 51.4 Å². The van der Waals surface area contributed by atoms with Gasteiger partial charge in [0, 0.05) is 0 Å². The summed E-state index contributed by atoms with van der Waals surface area (Å²) in [4.78, 5) is 11.2. The van der Waals surface area contributed by atoms with Gasteiger partial charge < -0.3 is 19.2 Å². The zero-order valence-electron chi connectivity index (χ0n) is 12.4. The topological polar surface area (TPSA) is 65.0 Å². The van der Waals surface area contributed by atoms with Crippen LogP contribution in [0, 0.1) is 0 Å². The number of carbonyl (C=O) groups is 1. The lowest BCUT2D eigenvalue weighted by Crippen LogP contribution is -2.41. The SMILES string of the molecule is COc1cc(B2OC(C)(C)C(C)(C)O2)cc(C(=O)O)c1. The van der Waals surface area contributed by atoms with Crippen molar-refractivity contribution in [2.45, 2.75) is 38.9 Å². The standard InChI is InChI=1S/C14H19BO5/c1-13(2)14(3,4)20-15(19-13)10-6-9(12(16)17)7-11(8-10)18-5/h6-8H,1-5H3,(H,16,17). The molecule has 1 N–H and O–H groups in total. The van der Waals surface area contributed by atoms with Crippen molar-refractivity contribution in [2.75, 3.05) is 7.11 Å². The lowest BCUT2D eigenvalue weighted by Gasteiger charge is -2.32. The van der Waals surface area contributed by atoms with E-state index in [1.54, 1.807) is 12.1 Å². The van der Waals surface area contributed by atoms with Crippen LogP contribution in [0.15, 0.2) is 18.2 Å². The summed E-state index contributed by atoms with van der Waals surface area (Å²) in [7, 11) is 0.892. The first-order valence-corrected chi connectivity index (χ1v) is 6.44. The van der Waals surface area contributed by atoms with Crippen molar-refractivity contribution in [3.63, 3.8) is 0 Å². The van der Waals surface area contributed by atoms with E-state index in [-0.39, 0.29) is 5.56 Å². The monoisotopic (exact) mass is 278 g/mol. The van der Waals surface area contributed by atoms with Crippen LogP contribution in [0.1, 0.15) is 38.1 Å². The van der Waals surface area contributed by atoms with Gasteiger partial charge in [-0.15, -0.1) is 0 Å². The Labute approximate surface area is 119 Å². The maximum Gasteiger partial charge on any atom is 0.494 e. The average Bonchev–Trinajstić information content (AvgIpc) is 2.58. The Balaban J connectivity index is 2.39. The number of carboxylic acids is 1. The van der Waals surface area contributed by atoms with E-state index in [0.29, 0.717) is 11.2 Å². The highest BCUT2D eigenvalue weighted by molar-refractivity contribution is 6.62. The molecule has 0 radical (unpaired) electrons. The largest absolute Gasteiger partial charge is 0.497 e. The Morgan fingerprint density at radius 3 is 2.15 bits per heavy atom. The van der Waals surface area contributed by atoms with E-state index in [0.717, 1.165) is 0 Å². The molecule has 2 rings (SSSR count). The second kappa shape index (κ2) is 4.79. The van der Waals surface area contributed by atoms with Gasteiger partial charge in [0.25, 0.3) is 0 Å². The molecule has 20 heavy (non-hydrogen) atoms. The maximum absolute atomic E-state index is 11.2. The highest BCUT2D eigenvalue weighted by Gasteiger charge is 2.51. The smallest absolute Gasteiger partial charge is 0.494 e. The summed E-state index contributed by atoms with van der Waals surface area (Å²) in [5.41, 5.74) is -0.150. The van der Waals surface area contributed by atoms with Gasteiger partial charge in [0.05, 0.1) is 23.9 Å². The highest BCUT2D eigenvalue weighted by Crippen LogP contribution is 2.36. The molecular weight excluding hydrogens is 259 g/mol. The molecule has 1 aliphatic heterocycles. The van der Waals surface area contributed by atoms with Crippen LogP contribution in [0.25, 0.3) is 0 Å². The number of hydrogen-bond acceptors (Lipinski definition) is 4. The summed E-state index contributed by atoms with van der Waals surface area (Å²) in [6.45, 7) is 7.80. The summed E-state index contributed by atoms with van der Waals surface area (Å²) in [5, 5.41) is 9.14. The number of aromatic carboxylic acids is 1. The number of methoxy groups -OCH3 is 1. The lowest BCUT2D eigenvalue weighted by molar-refractivity contribution is 0.00578. The van der Waals surface area contributed by atoms with E-state index in [2.05, 4.69) is 0 Å². The van der Waals surface area contributed by atoms with Crippen LogP contribution < -0.4 is 10.2 Å². The van der Waals surface area contributed by atoms with E-state index < -0.39 is 24.3 Å². The summed E-state index contributed by atoms with van der Waals surface area (Å²) >= 11 is 0. The van der Waals surface area contributed by atoms with Gasteiger partial charge in [0.15, 0.2) is 0 Å². The van der Waals surface area contributed by atoms with Gasteiger partial charge in [-0.25, -0.2) is 4.79 Å². The van der Waals surface area contributed by atoms with Gasteiger partial charge in [0.1, 0.15) is 5.75 Å². The molecule has 108 valence electrons. The normalized spacial score (nSPS) is 19.9. The molecule has 0 spiro atoms. The summed E-state index contributed by atoms with van der Waals surface area (Å²) in [6, 6.07) is 4.75. The van der Waals surface area contributed by atoms with E-state index in [1.165, 1.54) is 13.2 Å². The minimum atomic E-state index is -1.01. The molecular formula is C14H19BO5. The second-order valence-electron chi connectivity index (χ2n) is 5.89. The van der Waals surface area contributed by atoms with Gasteiger partial charge in [-0.3, -0.25) is 0 Å². The van der Waals surface area contributed by atoms with Gasteiger partial charge >= 0.3 is 13.1 Å². The molecule has 0 saturated carbocycles. The third-order valence-electron chi connectivity index (χ3n) is 3.94. The summed E-state index contributed by atoms with van der Waals surface area (Å²) < 4.78 is 17.0. The molecule has 6 heteroatoms. The Hall–Kier alpha value is -1.53. The van der Waals surface area contributed by atoms with Crippen molar-refractivity contribution in [3.8, 4) is 5.75 Å². The zero-order valence-corrected chi connectivity index (χ0v) is 12.4. The molecule has 1 aliphatic rings. The van der Waals surface area contributed by atoms with Gasteiger partial charge in [-0.2, -0.15) is 0 Å². The lowest BCUT2D eigenvalue weighted by atomic mass is 9.78. The van der Waals surface area contributed by atoms with Gasteiger partial charge in [0.2, 0.25) is 0 Å². The number of hydrogen-bond donors (Lipinski definition) is 1. The first-order valence-electron chi connectivity index (χ1n) is 6.44. The quantitative estimate of drug-likeness (QED) is 0.852. The fourth-order valence-corrected chi connectivity index (χ4v) is 1.98. The average molecular weight is 278 g/mol. The molecule has 5 nitrogen and oxygen atoms in total. The third-order valence-corrected chi connectivity index (χ3v) is 3.94. The van der Waals surface area contributed by atoms with Crippen molar-refractivity contribution in [2.24, 2.45) is 0 Å². The number of carboxylic acid groups (broad SMARTS) is 1. The van der Waals surface area contributed by atoms with Crippen LogP contribution in [-0.4, -0.2) is 36.5 Å². The van der Waals surface area contributed by atoms with Crippen LogP contribution in [0.5, 0.6) is 5.75 Å². The van der Waals surface area contributed by atoms with Crippen molar-refractivity contribution < 1.29 is 23.9 Å². The molecule has 0 bridgehead atoms. The molecule has 0 atom stereocenters. The maximum atomic E-state index is 11.2. The number of benzene rings is 1. The predicted octanol–water partition coefficient (Wildman–Crippen LogP) is 1.69. The second-order valence-corrected chi connectivity index (χ2v) is 5.89. The fraction of sp³-hybridized carbons (Fsp3) is 0.500. The minimum absolute atomic E-state index is 0.147. The van der Waals surface area contributed by atoms with E-state index >= 15 is 0 Å². The van der Waals surface area contributed by atoms with Crippen LogP contribution in [-0.2, 0) is 9.31 Å². The molecule has 1 saturated heterocycles. The fourth-order valence-electron chi connectivity index (χ4n) is 1.98. The van der Waals surface area contributed by atoms with Crippen molar-refractivity contribution in [3.05, 3.63) is 23.8 Å². The molecule has 1 aromatic rings. The Bertz CT molecular complexity index is 522. The highest BCUT2D eigenvalue weighted by atomic mass is 16.7. The van der Waals surface area contributed by atoms with Crippen molar-refractivity contribution in [1.82, 2.24) is 0 Å². The van der Waals surface area contributed by atoms with Crippen LogP contribution in [0.4, 0.5) is 0 Å². The molecule has 1 heterocycles. The molecule has 0 aliphatic carbocycles. The predicted molar refractivity (Wildman–Crippen MR) is 75.7 cm³/mol. The van der Waals surface area contributed by atoms with E-state index in [1.807, 2.05) is 27.7 Å². The van der Waals surface area contributed by atoms with Crippen molar-refractivity contribution in [1.29, 1.82) is 0 Å². The van der Waals surface area contributed by atoms with Crippen LogP contribution in [0.2, 0.25) is 0 Å². The Kier molecular flexibility index (Phi) is 3.56. The number of rotatable bonds is 3. The first kappa shape index (κ1) is 14.9. The van der Waals surface area contributed by atoms with Crippen LogP contribution >= 0.6 is 0 Å². The Morgan fingerprint density at radius 1 is 1.15 bits per heavy atom. The molecule has 1 aromatic carbocycles. The molecule has 0 unspecified atom stereocenters. The minimum Gasteiger partial charge on any atom is -0.497 e. The zero-order chi connectivity index (χ0) is 15.1. The van der Waals surface area contributed by atoms with Crippen molar-refractivity contribution >= 4 is 18.6 Å². The van der Waals surface area contributed by atoms with Crippen LogP contribution in [0.3, 0.4) is 0 Å². The van der Waals surface area contributed by atoms with E-state index in [9.17, 15) is 4.79 Å². The summed E-state index contributed by atoms with van der Waals surface area (Å²) in [5.74, 6) is -0.545. The Morgan fingerprint density at radius 2 is 1.70 bits per heavy atom. The molecule has 0 aromatic heterocycles. The third kappa shape index (κ3) is 2.53. The van der Waals surface area contributed by atoms with E-state index in [4.69, 9.17) is 19.2 Å². The summed E-state index contributed by atoms with van der Waals surface area (Å²) in [6.07, 6.45) is 0. The molecule has 1 fully saturated rings. The number of ether oxygens (including phenoxy) is 1.